The lowest BCUT2D eigenvalue weighted by molar-refractivity contribution is -0.128. The SMILES string of the molecule is Cc1ccc(CN2C(=O)C(C(C)C(=O)NCCc3ccc(Cl)cc3)Sc3ccccc32)cc1. The Morgan fingerprint density at radius 3 is 2.42 bits per heavy atom. The van der Waals surface area contributed by atoms with Crippen LogP contribution < -0.4 is 10.2 Å². The quantitative estimate of drug-likeness (QED) is 0.477. The third-order valence-electron chi connectivity index (χ3n) is 5.87. The molecule has 6 heteroatoms. The summed E-state index contributed by atoms with van der Waals surface area (Å²) in [5, 5.41) is 3.22. The van der Waals surface area contributed by atoms with E-state index in [0.29, 0.717) is 24.5 Å². The van der Waals surface area contributed by atoms with Crippen molar-refractivity contribution >= 4 is 40.9 Å². The highest BCUT2D eigenvalue weighted by molar-refractivity contribution is 8.01. The van der Waals surface area contributed by atoms with Gasteiger partial charge in [-0.25, -0.2) is 0 Å². The number of anilines is 1. The Hall–Kier alpha value is -2.76. The Morgan fingerprint density at radius 1 is 1.03 bits per heavy atom. The number of nitrogens with zero attached hydrogens (tertiary/aromatic N) is 1. The van der Waals surface area contributed by atoms with E-state index >= 15 is 0 Å². The first-order valence-electron chi connectivity index (χ1n) is 11.1. The number of nitrogens with one attached hydrogen (secondary N) is 1. The number of rotatable bonds is 7. The lowest BCUT2D eigenvalue weighted by atomic mass is 10.0. The molecular formula is C27H27ClN2O2S. The van der Waals surface area contributed by atoms with Crippen LogP contribution >= 0.6 is 23.4 Å². The van der Waals surface area contributed by atoms with Crippen LogP contribution in [-0.4, -0.2) is 23.6 Å². The van der Waals surface area contributed by atoms with E-state index in [1.807, 2.05) is 67.3 Å². The number of hydrogen-bond donors (Lipinski definition) is 1. The summed E-state index contributed by atoms with van der Waals surface area (Å²) in [5.41, 5.74) is 4.25. The number of halogens is 1. The van der Waals surface area contributed by atoms with Gasteiger partial charge >= 0.3 is 0 Å². The van der Waals surface area contributed by atoms with E-state index in [-0.39, 0.29) is 11.8 Å². The molecule has 1 N–H and O–H groups in total. The number of para-hydroxylation sites is 1. The van der Waals surface area contributed by atoms with Gasteiger partial charge in [0, 0.05) is 16.5 Å². The molecule has 170 valence electrons. The molecule has 1 heterocycles. The lowest BCUT2D eigenvalue weighted by Crippen LogP contribution is -2.47. The number of carbonyl (C=O) groups excluding carboxylic acids is 2. The second kappa shape index (κ2) is 10.4. The molecule has 2 atom stereocenters. The average molecular weight is 479 g/mol. The van der Waals surface area contributed by atoms with E-state index in [0.717, 1.165) is 21.7 Å². The minimum Gasteiger partial charge on any atom is -0.355 e. The fourth-order valence-corrected chi connectivity index (χ4v) is 5.29. The summed E-state index contributed by atoms with van der Waals surface area (Å²) in [6.45, 7) is 4.88. The van der Waals surface area contributed by atoms with Crippen molar-refractivity contribution in [1.29, 1.82) is 0 Å². The second-order valence-electron chi connectivity index (χ2n) is 8.37. The zero-order valence-electron chi connectivity index (χ0n) is 18.8. The van der Waals surface area contributed by atoms with Gasteiger partial charge in [-0.15, -0.1) is 11.8 Å². The molecule has 0 spiro atoms. The van der Waals surface area contributed by atoms with Gasteiger partial charge in [0.15, 0.2) is 0 Å². The monoisotopic (exact) mass is 478 g/mol. The molecule has 0 bridgehead atoms. The van der Waals surface area contributed by atoms with Crippen molar-refractivity contribution in [1.82, 2.24) is 5.32 Å². The number of benzene rings is 3. The predicted octanol–water partition coefficient (Wildman–Crippen LogP) is 5.65. The molecule has 0 fully saturated rings. The van der Waals surface area contributed by atoms with Crippen molar-refractivity contribution < 1.29 is 9.59 Å². The number of aryl methyl sites for hydroxylation is 1. The van der Waals surface area contributed by atoms with Gasteiger partial charge in [0.05, 0.1) is 18.2 Å². The predicted molar refractivity (Wildman–Crippen MR) is 136 cm³/mol. The summed E-state index contributed by atoms with van der Waals surface area (Å²) < 4.78 is 0. The zero-order valence-corrected chi connectivity index (χ0v) is 20.3. The Morgan fingerprint density at radius 2 is 1.70 bits per heavy atom. The highest BCUT2D eigenvalue weighted by Gasteiger charge is 2.39. The smallest absolute Gasteiger partial charge is 0.241 e. The van der Waals surface area contributed by atoms with Crippen LogP contribution in [0, 0.1) is 12.8 Å². The molecule has 0 aromatic heterocycles. The number of fused-ring (bicyclic) bond motifs is 1. The molecule has 2 amide bonds. The summed E-state index contributed by atoms with van der Waals surface area (Å²) in [6.07, 6.45) is 0.712. The van der Waals surface area contributed by atoms with E-state index in [1.54, 1.807) is 0 Å². The van der Waals surface area contributed by atoms with Crippen LogP contribution in [0.4, 0.5) is 5.69 Å². The van der Waals surface area contributed by atoms with E-state index in [1.165, 1.54) is 17.3 Å². The molecule has 3 aromatic carbocycles. The summed E-state index contributed by atoms with van der Waals surface area (Å²) in [4.78, 5) is 29.3. The van der Waals surface area contributed by atoms with Crippen molar-refractivity contribution in [3.05, 3.63) is 94.5 Å². The lowest BCUT2D eigenvalue weighted by Gasteiger charge is -2.35. The minimum absolute atomic E-state index is 0.0281. The molecule has 33 heavy (non-hydrogen) atoms. The van der Waals surface area contributed by atoms with E-state index < -0.39 is 11.2 Å². The first kappa shape index (κ1) is 23.4. The Kier molecular flexibility index (Phi) is 7.41. The molecule has 0 aliphatic carbocycles. The summed E-state index contributed by atoms with van der Waals surface area (Å²) >= 11 is 7.42. The standard InChI is InChI=1S/C27H27ClN2O2S/c1-18-7-9-21(10-8-18)17-30-23-5-3-4-6-24(23)33-25(27(30)32)19(2)26(31)29-16-15-20-11-13-22(28)14-12-20/h3-14,19,25H,15-17H2,1-2H3,(H,29,31). The van der Waals surface area contributed by atoms with Crippen LogP contribution in [0.1, 0.15) is 23.6 Å². The third kappa shape index (κ3) is 5.60. The largest absolute Gasteiger partial charge is 0.355 e. The van der Waals surface area contributed by atoms with Crippen LogP contribution in [0.3, 0.4) is 0 Å². The molecule has 4 rings (SSSR count). The maximum atomic E-state index is 13.5. The topological polar surface area (TPSA) is 49.4 Å². The summed E-state index contributed by atoms with van der Waals surface area (Å²) in [7, 11) is 0. The van der Waals surface area contributed by atoms with Crippen molar-refractivity contribution in [2.75, 3.05) is 11.4 Å². The Labute approximate surface area is 204 Å². The molecule has 0 saturated heterocycles. The Balaban J connectivity index is 1.46. The minimum atomic E-state index is -0.471. The van der Waals surface area contributed by atoms with Gasteiger partial charge in [0.1, 0.15) is 5.25 Å². The molecular weight excluding hydrogens is 452 g/mol. The normalized spacial score (nSPS) is 16.3. The van der Waals surface area contributed by atoms with Gasteiger partial charge in [0.25, 0.3) is 0 Å². The third-order valence-corrected chi connectivity index (χ3v) is 7.59. The van der Waals surface area contributed by atoms with E-state index in [2.05, 4.69) is 29.6 Å². The van der Waals surface area contributed by atoms with E-state index in [9.17, 15) is 9.59 Å². The molecule has 1 aliphatic heterocycles. The molecule has 1 aliphatic rings. The van der Waals surface area contributed by atoms with Crippen molar-refractivity contribution in [3.63, 3.8) is 0 Å². The molecule has 2 unspecified atom stereocenters. The maximum absolute atomic E-state index is 13.5. The highest BCUT2D eigenvalue weighted by atomic mass is 35.5. The average Bonchev–Trinajstić information content (AvgIpc) is 2.82. The van der Waals surface area contributed by atoms with Gasteiger partial charge in [-0.3, -0.25) is 9.59 Å². The highest BCUT2D eigenvalue weighted by Crippen LogP contribution is 2.42. The fraction of sp³-hybridized carbons (Fsp3) is 0.259. The van der Waals surface area contributed by atoms with Gasteiger partial charge < -0.3 is 10.2 Å². The van der Waals surface area contributed by atoms with Crippen LogP contribution in [0.25, 0.3) is 0 Å². The number of carbonyl (C=O) groups is 2. The van der Waals surface area contributed by atoms with Gasteiger partial charge in [0.2, 0.25) is 11.8 Å². The van der Waals surface area contributed by atoms with Crippen molar-refractivity contribution in [2.24, 2.45) is 5.92 Å². The van der Waals surface area contributed by atoms with Crippen LogP contribution in [0.15, 0.2) is 77.7 Å². The summed E-state index contributed by atoms with van der Waals surface area (Å²) in [6, 6.07) is 23.7. The van der Waals surface area contributed by atoms with E-state index in [4.69, 9.17) is 11.6 Å². The second-order valence-corrected chi connectivity index (χ2v) is 9.99. The molecule has 3 aromatic rings. The Bertz CT molecular complexity index is 1130. The van der Waals surface area contributed by atoms with Crippen LogP contribution in [-0.2, 0) is 22.6 Å². The fourth-order valence-electron chi connectivity index (χ4n) is 3.87. The maximum Gasteiger partial charge on any atom is 0.241 e. The van der Waals surface area contributed by atoms with Gasteiger partial charge in [-0.05, 0) is 48.7 Å². The van der Waals surface area contributed by atoms with Gasteiger partial charge in [-0.1, -0.05) is 72.6 Å². The van der Waals surface area contributed by atoms with Crippen molar-refractivity contribution in [2.45, 2.75) is 37.0 Å². The molecule has 0 saturated carbocycles. The zero-order chi connectivity index (χ0) is 23.4. The number of hydrogen-bond acceptors (Lipinski definition) is 3. The summed E-state index contributed by atoms with van der Waals surface area (Å²) in [5.74, 6) is -0.592. The van der Waals surface area contributed by atoms with Crippen molar-refractivity contribution in [3.8, 4) is 0 Å². The van der Waals surface area contributed by atoms with Crippen LogP contribution in [0.2, 0.25) is 5.02 Å². The molecule has 4 nitrogen and oxygen atoms in total. The number of amides is 2. The first-order valence-corrected chi connectivity index (χ1v) is 12.3. The number of thioether (sulfide) groups is 1. The molecule has 0 radical (unpaired) electrons. The van der Waals surface area contributed by atoms with Gasteiger partial charge in [-0.2, -0.15) is 0 Å². The first-order chi connectivity index (χ1) is 15.9. The van der Waals surface area contributed by atoms with Crippen LogP contribution in [0.5, 0.6) is 0 Å².